The van der Waals surface area contributed by atoms with E-state index in [0.717, 1.165) is 16.5 Å². The molecule has 6 nitrogen and oxygen atoms in total. The van der Waals surface area contributed by atoms with Crippen molar-refractivity contribution in [3.05, 3.63) is 65.4 Å². The number of fused-ring (bicyclic) bond motifs is 1. The summed E-state index contributed by atoms with van der Waals surface area (Å²) in [5.41, 5.74) is 3.26. The number of nitrogens with zero attached hydrogens (tertiary/aromatic N) is 2. The molecular formula is C22H20N2O4. The topological polar surface area (TPSA) is 83.5 Å². The zero-order valence-electron chi connectivity index (χ0n) is 15.8. The van der Waals surface area contributed by atoms with E-state index in [4.69, 9.17) is 14.4 Å². The first-order valence-electron chi connectivity index (χ1n) is 8.89. The quantitative estimate of drug-likeness (QED) is 0.603. The number of nitriles is 1. The maximum Gasteiger partial charge on any atom is 0.374 e. The monoisotopic (exact) mass is 376 g/mol. The molecule has 0 fully saturated rings. The molecule has 0 atom stereocenters. The van der Waals surface area contributed by atoms with Crippen LogP contribution in [-0.4, -0.2) is 25.0 Å². The largest absolute Gasteiger partial charge is 0.450 e. The van der Waals surface area contributed by atoms with Crippen molar-refractivity contribution in [2.24, 2.45) is 0 Å². The molecule has 0 saturated heterocycles. The average molecular weight is 376 g/mol. The summed E-state index contributed by atoms with van der Waals surface area (Å²) in [6.07, 6.45) is 0.177. The third-order valence-corrected chi connectivity index (χ3v) is 4.22. The van der Waals surface area contributed by atoms with Crippen molar-refractivity contribution in [1.82, 2.24) is 0 Å². The molecule has 0 N–H and O–H groups in total. The fourth-order valence-corrected chi connectivity index (χ4v) is 3.02. The average Bonchev–Trinajstić information content (AvgIpc) is 3.10. The number of para-hydroxylation sites is 1. The molecule has 6 heteroatoms. The molecule has 0 aliphatic rings. The first-order chi connectivity index (χ1) is 13.5. The van der Waals surface area contributed by atoms with Gasteiger partial charge in [0.15, 0.2) is 6.61 Å². The first-order valence-corrected chi connectivity index (χ1v) is 8.89. The molecule has 0 aliphatic heterocycles. The Morgan fingerprint density at radius 2 is 1.82 bits per heavy atom. The van der Waals surface area contributed by atoms with E-state index >= 15 is 0 Å². The number of ether oxygens (including phenoxy) is 1. The lowest BCUT2D eigenvalue weighted by molar-refractivity contribution is -0.121. The molecule has 3 rings (SSSR count). The maximum absolute atomic E-state index is 12.7. The van der Waals surface area contributed by atoms with Gasteiger partial charge in [0.1, 0.15) is 5.58 Å². The van der Waals surface area contributed by atoms with E-state index in [0.29, 0.717) is 11.3 Å². The number of hydrogen-bond acceptors (Lipinski definition) is 5. The van der Waals surface area contributed by atoms with E-state index < -0.39 is 18.5 Å². The molecular weight excluding hydrogens is 356 g/mol. The Balaban J connectivity index is 1.72. The van der Waals surface area contributed by atoms with E-state index in [-0.39, 0.29) is 18.7 Å². The summed E-state index contributed by atoms with van der Waals surface area (Å²) in [5, 5.41) is 9.69. The number of carbonyl (C=O) groups excluding carboxylic acids is 2. The molecule has 0 spiro atoms. The van der Waals surface area contributed by atoms with Gasteiger partial charge in [-0.3, -0.25) is 4.79 Å². The highest BCUT2D eigenvalue weighted by molar-refractivity contribution is 5.97. The fraction of sp³-hybridized carbons (Fsp3) is 0.227. The van der Waals surface area contributed by atoms with Crippen molar-refractivity contribution >= 4 is 28.5 Å². The van der Waals surface area contributed by atoms with Gasteiger partial charge >= 0.3 is 5.97 Å². The molecule has 1 aromatic heterocycles. The Kier molecular flexibility index (Phi) is 5.75. The van der Waals surface area contributed by atoms with E-state index in [1.165, 1.54) is 4.90 Å². The van der Waals surface area contributed by atoms with Crippen LogP contribution in [0.25, 0.3) is 11.0 Å². The smallest absolute Gasteiger partial charge is 0.374 e. The summed E-state index contributed by atoms with van der Waals surface area (Å²) in [5.74, 6) is -1.06. The highest BCUT2D eigenvalue weighted by Crippen LogP contribution is 2.21. The summed E-state index contributed by atoms with van der Waals surface area (Å²) in [6.45, 7) is 3.66. The van der Waals surface area contributed by atoms with Crippen LogP contribution in [0.2, 0.25) is 0 Å². The van der Waals surface area contributed by atoms with E-state index in [2.05, 4.69) is 0 Å². The molecule has 0 radical (unpaired) electrons. The summed E-state index contributed by atoms with van der Waals surface area (Å²) >= 11 is 0. The van der Waals surface area contributed by atoms with Gasteiger partial charge in [-0.25, -0.2) is 4.79 Å². The van der Waals surface area contributed by atoms with Gasteiger partial charge < -0.3 is 14.1 Å². The van der Waals surface area contributed by atoms with Crippen molar-refractivity contribution < 1.29 is 18.7 Å². The number of anilines is 1. The molecule has 1 heterocycles. The molecule has 0 unspecified atom stereocenters. The van der Waals surface area contributed by atoms with Gasteiger partial charge in [0.25, 0.3) is 5.91 Å². The van der Waals surface area contributed by atoms with Gasteiger partial charge in [0.05, 0.1) is 12.5 Å². The van der Waals surface area contributed by atoms with Gasteiger partial charge in [0.2, 0.25) is 5.76 Å². The number of rotatable bonds is 6. The summed E-state index contributed by atoms with van der Waals surface area (Å²) < 4.78 is 10.6. The van der Waals surface area contributed by atoms with Crippen molar-refractivity contribution in [1.29, 1.82) is 5.26 Å². The number of esters is 1. The molecule has 142 valence electrons. The third kappa shape index (κ3) is 4.38. The van der Waals surface area contributed by atoms with Crippen molar-refractivity contribution in [3.8, 4) is 6.07 Å². The van der Waals surface area contributed by atoms with Crippen LogP contribution < -0.4 is 4.90 Å². The van der Waals surface area contributed by atoms with Crippen LogP contribution in [0.5, 0.6) is 0 Å². The first kappa shape index (κ1) is 19.2. The second kappa shape index (κ2) is 8.40. The zero-order chi connectivity index (χ0) is 20.1. The highest BCUT2D eigenvalue weighted by Gasteiger charge is 2.20. The number of amides is 1. The molecule has 3 aromatic rings. The fourth-order valence-electron chi connectivity index (χ4n) is 3.02. The van der Waals surface area contributed by atoms with Gasteiger partial charge in [-0.2, -0.15) is 5.26 Å². The van der Waals surface area contributed by atoms with Crippen LogP contribution >= 0.6 is 0 Å². The Hall–Kier alpha value is -3.59. The lowest BCUT2D eigenvalue weighted by Crippen LogP contribution is -2.35. The second-order valence-corrected chi connectivity index (χ2v) is 6.52. The molecule has 0 aliphatic carbocycles. The van der Waals surface area contributed by atoms with E-state index in [1.54, 1.807) is 18.2 Å². The molecule has 28 heavy (non-hydrogen) atoms. The number of carbonyl (C=O) groups is 2. The molecule has 2 aromatic carbocycles. The molecule has 0 saturated carbocycles. The predicted molar refractivity (Wildman–Crippen MR) is 105 cm³/mol. The van der Waals surface area contributed by atoms with Crippen molar-refractivity contribution in [2.45, 2.75) is 20.3 Å². The third-order valence-electron chi connectivity index (χ3n) is 4.22. The number of aryl methyl sites for hydroxylation is 2. The van der Waals surface area contributed by atoms with Gasteiger partial charge in [0, 0.05) is 17.6 Å². The summed E-state index contributed by atoms with van der Waals surface area (Å²) in [6, 6.07) is 16.6. The van der Waals surface area contributed by atoms with Gasteiger partial charge in [-0.1, -0.05) is 24.3 Å². The minimum Gasteiger partial charge on any atom is -0.450 e. The second-order valence-electron chi connectivity index (χ2n) is 6.52. The Morgan fingerprint density at radius 3 is 2.50 bits per heavy atom. The normalized spacial score (nSPS) is 10.5. The zero-order valence-corrected chi connectivity index (χ0v) is 15.8. The van der Waals surface area contributed by atoms with Crippen LogP contribution in [0, 0.1) is 25.2 Å². The Morgan fingerprint density at radius 1 is 1.11 bits per heavy atom. The van der Waals surface area contributed by atoms with Gasteiger partial charge in [-0.05, 0) is 49.2 Å². The predicted octanol–water partition coefficient (Wildman–Crippen LogP) is 4.15. The van der Waals surface area contributed by atoms with Crippen LogP contribution in [0.3, 0.4) is 0 Å². The SMILES string of the molecule is Cc1cc(C)cc(N(CCC#N)C(=O)COC(=O)c2cc3ccccc3o2)c1. The molecule has 1 amide bonds. The number of benzene rings is 2. The van der Waals surface area contributed by atoms with Crippen LogP contribution in [0.15, 0.2) is 52.9 Å². The van der Waals surface area contributed by atoms with Crippen LogP contribution in [0.1, 0.15) is 28.1 Å². The number of hydrogen-bond donors (Lipinski definition) is 0. The Bertz CT molecular complexity index is 1010. The minimum absolute atomic E-state index is 0.0453. The summed E-state index contributed by atoms with van der Waals surface area (Å²) in [4.78, 5) is 26.4. The standard InChI is InChI=1S/C22H20N2O4/c1-15-10-16(2)12-18(11-15)24(9-5-8-23)21(25)14-27-22(26)20-13-17-6-3-4-7-19(17)28-20/h3-4,6-7,10-13H,5,9,14H2,1-2H3. The highest BCUT2D eigenvalue weighted by atomic mass is 16.5. The maximum atomic E-state index is 12.7. The lowest BCUT2D eigenvalue weighted by Gasteiger charge is -2.22. The summed E-state index contributed by atoms with van der Waals surface area (Å²) in [7, 11) is 0. The van der Waals surface area contributed by atoms with Crippen molar-refractivity contribution in [3.63, 3.8) is 0 Å². The van der Waals surface area contributed by atoms with Crippen LogP contribution in [-0.2, 0) is 9.53 Å². The minimum atomic E-state index is -0.704. The van der Waals surface area contributed by atoms with E-state index in [9.17, 15) is 9.59 Å². The number of furan rings is 1. The lowest BCUT2D eigenvalue weighted by atomic mass is 10.1. The van der Waals surface area contributed by atoms with E-state index in [1.807, 2.05) is 50.2 Å². The van der Waals surface area contributed by atoms with Crippen LogP contribution in [0.4, 0.5) is 5.69 Å². The van der Waals surface area contributed by atoms with Gasteiger partial charge in [-0.15, -0.1) is 0 Å². The van der Waals surface area contributed by atoms with Crippen molar-refractivity contribution in [2.75, 3.05) is 18.1 Å². The molecule has 0 bridgehead atoms. The Labute approximate surface area is 162 Å².